The molecule has 2 aromatic rings. The van der Waals surface area contributed by atoms with Gasteiger partial charge in [-0.2, -0.15) is 0 Å². The van der Waals surface area contributed by atoms with E-state index in [2.05, 4.69) is 0 Å². The summed E-state index contributed by atoms with van der Waals surface area (Å²) in [6, 6.07) is 13.4. The second-order valence-electron chi connectivity index (χ2n) is 6.53. The molecule has 1 atom stereocenters. The third-order valence-electron chi connectivity index (χ3n) is 5.03. The molecular formula is C22H21ClO5. The Bertz CT molecular complexity index is 885. The fourth-order valence-electron chi connectivity index (χ4n) is 3.85. The summed E-state index contributed by atoms with van der Waals surface area (Å²) < 4.78 is 10.7. The van der Waals surface area contributed by atoms with Crippen molar-refractivity contribution in [3.05, 3.63) is 70.2 Å². The van der Waals surface area contributed by atoms with E-state index in [9.17, 15) is 14.4 Å². The van der Waals surface area contributed by atoms with Gasteiger partial charge in [-0.25, -0.2) is 0 Å². The number of halogens is 1. The Hall–Kier alpha value is -2.66. The van der Waals surface area contributed by atoms with Gasteiger partial charge < -0.3 is 9.47 Å². The summed E-state index contributed by atoms with van der Waals surface area (Å²) in [5, 5.41) is 0.518. The molecule has 6 heteroatoms. The summed E-state index contributed by atoms with van der Waals surface area (Å²) in [6.07, 6.45) is -0.0176. The number of ketones is 1. The molecule has 0 spiro atoms. The minimum Gasteiger partial charge on any atom is -0.465 e. The molecule has 3 rings (SSSR count). The van der Waals surface area contributed by atoms with E-state index in [-0.39, 0.29) is 25.4 Å². The van der Waals surface area contributed by atoms with Crippen LogP contribution >= 0.6 is 11.6 Å². The van der Waals surface area contributed by atoms with E-state index in [4.69, 9.17) is 21.1 Å². The maximum absolute atomic E-state index is 13.3. The van der Waals surface area contributed by atoms with Crippen LogP contribution < -0.4 is 0 Å². The normalized spacial score (nSPS) is 17.5. The van der Waals surface area contributed by atoms with Gasteiger partial charge in [-0.05, 0) is 37.1 Å². The standard InChI is InChI=1S/C22H21ClO5/c1-3-27-20(25)22(21(26)28-4-2)17-8-6-5-7-16(17)19(24)13-18(22)14-9-11-15(23)12-10-14/h5-12,18H,3-4,13H2,1-2H3. The molecule has 0 fully saturated rings. The van der Waals surface area contributed by atoms with Gasteiger partial charge in [0.1, 0.15) is 0 Å². The van der Waals surface area contributed by atoms with Crippen molar-refractivity contribution in [2.75, 3.05) is 13.2 Å². The van der Waals surface area contributed by atoms with Crippen molar-refractivity contribution in [3.8, 4) is 0 Å². The van der Waals surface area contributed by atoms with Gasteiger partial charge in [0, 0.05) is 22.9 Å². The third-order valence-corrected chi connectivity index (χ3v) is 5.28. The summed E-state index contributed by atoms with van der Waals surface area (Å²) in [5.41, 5.74) is -0.449. The van der Waals surface area contributed by atoms with Crippen LogP contribution in [0.15, 0.2) is 48.5 Å². The van der Waals surface area contributed by atoms with Gasteiger partial charge in [-0.1, -0.05) is 48.0 Å². The molecule has 1 aliphatic rings. The number of carbonyl (C=O) groups excluding carboxylic acids is 3. The van der Waals surface area contributed by atoms with E-state index >= 15 is 0 Å². The molecule has 0 radical (unpaired) electrons. The van der Waals surface area contributed by atoms with E-state index in [1.165, 1.54) is 0 Å². The van der Waals surface area contributed by atoms with E-state index in [1.54, 1.807) is 62.4 Å². The molecule has 146 valence electrons. The molecule has 1 aliphatic carbocycles. The first kappa shape index (κ1) is 20.1. The number of hydrogen-bond acceptors (Lipinski definition) is 5. The molecule has 1 unspecified atom stereocenters. The first-order valence-electron chi connectivity index (χ1n) is 9.19. The van der Waals surface area contributed by atoms with Crippen LogP contribution in [-0.4, -0.2) is 30.9 Å². The van der Waals surface area contributed by atoms with E-state index in [0.717, 1.165) is 0 Å². The molecule has 0 heterocycles. The predicted molar refractivity (Wildman–Crippen MR) is 105 cm³/mol. The minimum absolute atomic E-state index is 0.0176. The van der Waals surface area contributed by atoms with Crippen LogP contribution in [0.25, 0.3) is 0 Å². The molecule has 0 aromatic heterocycles. The molecule has 28 heavy (non-hydrogen) atoms. The Kier molecular flexibility index (Phi) is 5.84. The Labute approximate surface area is 168 Å². The quantitative estimate of drug-likeness (QED) is 0.558. The summed E-state index contributed by atoms with van der Waals surface area (Å²) in [4.78, 5) is 39.4. The van der Waals surface area contributed by atoms with Gasteiger partial charge in [0.15, 0.2) is 11.2 Å². The van der Waals surface area contributed by atoms with Crippen LogP contribution in [0.2, 0.25) is 5.02 Å². The summed E-state index contributed by atoms with van der Waals surface area (Å²) >= 11 is 6.01. The second-order valence-corrected chi connectivity index (χ2v) is 6.96. The molecule has 5 nitrogen and oxygen atoms in total. The average molecular weight is 401 g/mol. The first-order valence-corrected chi connectivity index (χ1v) is 9.57. The van der Waals surface area contributed by atoms with Crippen LogP contribution in [0, 0.1) is 0 Å². The Morgan fingerprint density at radius 2 is 1.57 bits per heavy atom. The molecule has 0 saturated carbocycles. The highest BCUT2D eigenvalue weighted by Crippen LogP contribution is 2.49. The molecule has 2 aromatic carbocycles. The van der Waals surface area contributed by atoms with Crippen LogP contribution in [0.1, 0.15) is 47.7 Å². The van der Waals surface area contributed by atoms with E-state index < -0.39 is 23.3 Å². The lowest BCUT2D eigenvalue weighted by atomic mass is 9.60. The smallest absolute Gasteiger partial charge is 0.328 e. The molecule has 0 N–H and O–H groups in total. The third kappa shape index (κ3) is 3.20. The maximum atomic E-state index is 13.3. The van der Waals surface area contributed by atoms with Gasteiger partial charge in [0.25, 0.3) is 0 Å². The highest BCUT2D eigenvalue weighted by atomic mass is 35.5. The number of esters is 2. The number of carbonyl (C=O) groups is 3. The zero-order valence-corrected chi connectivity index (χ0v) is 16.5. The minimum atomic E-state index is -1.76. The fraction of sp³-hybridized carbons (Fsp3) is 0.318. The Morgan fingerprint density at radius 1 is 1.00 bits per heavy atom. The Balaban J connectivity index is 2.32. The van der Waals surface area contributed by atoms with Crippen molar-refractivity contribution >= 4 is 29.3 Å². The molecule has 0 aliphatic heterocycles. The number of hydrogen-bond donors (Lipinski definition) is 0. The van der Waals surface area contributed by atoms with Crippen molar-refractivity contribution in [2.24, 2.45) is 0 Å². The van der Waals surface area contributed by atoms with Crippen molar-refractivity contribution < 1.29 is 23.9 Å². The van der Waals surface area contributed by atoms with Crippen LogP contribution in [0.4, 0.5) is 0 Å². The number of Topliss-reactive ketones (excluding diaryl/α,β-unsaturated/α-hetero) is 1. The van der Waals surface area contributed by atoms with Gasteiger partial charge in [-0.3, -0.25) is 14.4 Å². The van der Waals surface area contributed by atoms with Crippen molar-refractivity contribution in [2.45, 2.75) is 31.6 Å². The van der Waals surface area contributed by atoms with E-state index in [1.807, 2.05) is 0 Å². The summed E-state index contributed by atoms with van der Waals surface area (Å²) in [7, 11) is 0. The van der Waals surface area contributed by atoms with Crippen molar-refractivity contribution in [3.63, 3.8) is 0 Å². The first-order chi connectivity index (χ1) is 13.5. The van der Waals surface area contributed by atoms with Crippen molar-refractivity contribution in [1.82, 2.24) is 0 Å². The van der Waals surface area contributed by atoms with Gasteiger partial charge in [0.2, 0.25) is 0 Å². The number of rotatable bonds is 5. The zero-order chi connectivity index (χ0) is 20.3. The topological polar surface area (TPSA) is 69.7 Å². The van der Waals surface area contributed by atoms with Crippen molar-refractivity contribution in [1.29, 1.82) is 0 Å². The van der Waals surface area contributed by atoms with Crippen LogP contribution in [-0.2, 0) is 24.5 Å². The lowest BCUT2D eigenvalue weighted by molar-refractivity contribution is -0.166. The van der Waals surface area contributed by atoms with Gasteiger partial charge in [-0.15, -0.1) is 0 Å². The lowest BCUT2D eigenvalue weighted by Gasteiger charge is -2.40. The summed E-state index contributed by atoms with van der Waals surface area (Å²) in [6.45, 7) is 3.55. The van der Waals surface area contributed by atoms with Gasteiger partial charge >= 0.3 is 11.9 Å². The van der Waals surface area contributed by atoms with Crippen LogP contribution in [0.3, 0.4) is 0 Å². The second kappa shape index (κ2) is 8.15. The Morgan fingerprint density at radius 3 is 2.14 bits per heavy atom. The average Bonchev–Trinajstić information content (AvgIpc) is 2.69. The highest BCUT2D eigenvalue weighted by molar-refractivity contribution is 6.30. The molecule has 0 bridgehead atoms. The van der Waals surface area contributed by atoms with Gasteiger partial charge in [0.05, 0.1) is 13.2 Å². The molecular weight excluding hydrogens is 380 g/mol. The SMILES string of the molecule is CCOC(=O)C1(C(=O)OCC)c2ccccc2C(=O)CC1c1ccc(Cl)cc1. The maximum Gasteiger partial charge on any atom is 0.328 e. The predicted octanol–water partition coefficient (Wildman–Crippen LogP) is 4.07. The highest BCUT2D eigenvalue weighted by Gasteiger charge is 2.60. The largest absolute Gasteiger partial charge is 0.465 e. The molecule has 0 amide bonds. The number of ether oxygens (including phenoxy) is 2. The zero-order valence-electron chi connectivity index (χ0n) is 15.7. The summed E-state index contributed by atoms with van der Waals surface area (Å²) in [5.74, 6) is -2.33. The van der Waals surface area contributed by atoms with E-state index in [0.29, 0.717) is 21.7 Å². The monoisotopic (exact) mass is 400 g/mol. The molecule has 0 saturated heterocycles. The number of fused-ring (bicyclic) bond motifs is 1. The lowest BCUT2D eigenvalue weighted by Crippen LogP contribution is -2.54. The fourth-order valence-corrected chi connectivity index (χ4v) is 3.97. The van der Waals surface area contributed by atoms with Crippen LogP contribution in [0.5, 0.6) is 0 Å². The number of benzene rings is 2.